The number of unbranched alkanes of at least 4 members (excludes halogenated alkanes) is 9. The summed E-state index contributed by atoms with van der Waals surface area (Å²) < 4.78 is 22.4. The van der Waals surface area contributed by atoms with Crippen molar-refractivity contribution in [2.24, 2.45) is 0 Å². The van der Waals surface area contributed by atoms with Crippen molar-refractivity contribution in [3.05, 3.63) is 72.3 Å². The highest BCUT2D eigenvalue weighted by Crippen LogP contribution is 2.22. The van der Waals surface area contributed by atoms with Crippen LogP contribution in [0.5, 0.6) is 11.5 Å². The number of ether oxygens (including phenoxy) is 4. The summed E-state index contributed by atoms with van der Waals surface area (Å²) in [5.41, 5.74) is 1.59. The van der Waals surface area contributed by atoms with Crippen LogP contribution < -0.4 is 9.47 Å². The molecule has 0 heterocycles. The molecule has 1 aliphatic rings. The highest BCUT2D eigenvalue weighted by atomic mass is 16.5. The van der Waals surface area contributed by atoms with Crippen LogP contribution >= 0.6 is 0 Å². The minimum absolute atomic E-state index is 0.334. The second kappa shape index (κ2) is 19.9. The zero-order valence-electron chi connectivity index (χ0n) is 24.7. The molecule has 41 heavy (non-hydrogen) atoms. The highest BCUT2D eigenvalue weighted by Gasteiger charge is 2.14. The molecule has 0 unspecified atom stereocenters. The third kappa shape index (κ3) is 13.9. The van der Waals surface area contributed by atoms with Gasteiger partial charge in [0.25, 0.3) is 0 Å². The summed E-state index contributed by atoms with van der Waals surface area (Å²) in [7, 11) is 0. The quantitative estimate of drug-likeness (QED) is 0.0693. The van der Waals surface area contributed by atoms with Gasteiger partial charge in [0.15, 0.2) is 0 Å². The molecule has 2 aromatic rings. The Morgan fingerprint density at radius 1 is 0.707 bits per heavy atom. The van der Waals surface area contributed by atoms with Gasteiger partial charge in [0.05, 0.1) is 31.5 Å². The van der Waals surface area contributed by atoms with E-state index in [2.05, 4.69) is 6.58 Å². The van der Waals surface area contributed by atoms with E-state index < -0.39 is 0 Å². The molecular weight excluding hydrogens is 516 g/mol. The molecule has 1 aliphatic carbocycles. The first kappa shape index (κ1) is 32.4. The Bertz CT molecular complexity index is 1010. The molecule has 0 atom stereocenters. The Hall–Kier alpha value is -3.12. The third-order valence-corrected chi connectivity index (χ3v) is 7.48. The van der Waals surface area contributed by atoms with Gasteiger partial charge in [-0.15, -0.1) is 0 Å². The number of carbonyl (C=O) groups excluding carboxylic acids is 2. The lowest BCUT2D eigenvalue weighted by Gasteiger charge is -2.22. The second-order valence-electron chi connectivity index (χ2n) is 10.9. The lowest BCUT2D eigenvalue weighted by atomic mass is 9.98. The first-order chi connectivity index (χ1) is 20.1. The monoisotopic (exact) mass is 564 g/mol. The van der Waals surface area contributed by atoms with Crippen LogP contribution in [-0.2, 0) is 20.9 Å². The van der Waals surface area contributed by atoms with Crippen molar-refractivity contribution in [1.82, 2.24) is 0 Å². The molecule has 3 rings (SSSR count). The fraction of sp³-hybridized carbons (Fsp3) is 0.543. The van der Waals surface area contributed by atoms with Crippen molar-refractivity contribution in [2.45, 2.75) is 109 Å². The van der Waals surface area contributed by atoms with Gasteiger partial charge in [-0.2, -0.15) is 0 Å². The molecule has 0 saturated heterocycles. The van der Waals surface area contributed by atoms with Crippen molar-refractivity contribution < 1.29 is 28.5 Å². The predicted octanol–water partition coefficient (Wildman–Crippen LogP) is 8.76. The fourth-order valence-electron chi connectivity index (χ4n) is 4.99. The number of esters is 2. The molecule has 0 N–H and O–H groups in total. The molecule has 0 radical (unpaired) electrons. The fourth-order valence-corrected chi connectivity index (χ4v) is 4.99. The van der Waals surface area contributed by atoms with Crippen LogP contribution in [0.4, 0.5) is 0 Å². The molecule has 6 nitrogen and oxygen atoms in total. The number of rotatable bonds is 20. The van der Waals surface area contributed by atoms with E-state index in [0.717, 1.165) is 49.8 Å². The van der Waals surface area contributed by atoms with E-state index in [1.165, 1.54) is 63.9 Å². The summed E-state index contributed by atoms with van der Waals surface area (Å²) in [6, 6.07) is 14.7. The van der Waals surface area contributed by atoms with Gasteiger partial charge in [0.2, 0.25) is 0 Å². The Balaban J connectivity index is 1.19. The number of benzene rings is 2. The molecule has 0 aromatic heterocycles. The maximum atomic E-state index is 12.6. The molecule has 0 aliphatic heterocycles. The molecule has 0 amide bonds. The molecule has 224 valence electrons. The Morgan fingerprint density at radius 2 is 1.27 bits per heavy atom. The SMILES string of the molecule is C=CC(=O)OCCCCCCCCCCCCOc1ccc(C(=O)Oc2ccc(COC3CCCCC3)cc2)cc1. The first-order valence-corrected chi connectivity index (χ1v) is 15.6. The van der Waals surface area contributed by atoms with Crippen molar-refractivity contribution >= 4 is 11.9 Å². The van der Waals surface area contributed by atoms with Crippen LogP contribution in [0.1, 0.15) is 112 Å². The normalized spacial score (nSPS) is 13.5. The van der Waals surface area contributed by atoms with E-state index in [0.29, 0.717) is 37.2 Å². The van der Waals surface area contributed by atoms with E-state index >= 15 is 0 Å². The average molecular weight is 565 g/mol. The van der Waals surface area contributed by atoms with Gasteiger partial charge < -0.3 is 18.9 Å². The maximum Gasteiger partial charge on any atom is 0.343 e. The number of hydrogen-bond acceptors (Lipinski definition) is 6. The van der Waals surface area contributed by atoms with Crippen molar-refractivity contribution in [3.8, 4) is 11.5 Å². The van der Waals surface area contributed by atoms with Crippen molar-refractivity contribution in [1.29, 1.82) is 0 Å². The third-order valence-electron chi connectivity index (χ3n) is 7.48. The zero-order chi connectivity index (χ0) is 29.0. The van der Waals surface area contributed by atoms with Gasteiger partial charge in [-0.1, -0.05) is 89.3 Å². The van der Waals surface area contributed by atoms with Gasteiger partial charge in [0.1, 0.15) is 11.5 Å². The van der Waals surface area contributed by atoms with Gasteiger partial charge >= 0.3 is 11.9 Å². The van der Waals surface area contributed by atoms with Gasteiger partial charge in [0, 0.05) is 6.08 Å². The van der Waals surface area contributed by atoms with Crippen LogP contribution in [0, 0.1) is 0 Å². The molecule has 6 heteroatoms. The average Bonchev–Trinajstić information content (AvgIpc) is 3.01. The summed E-state index contributed by atoms with van der Waals surface area (Å²) in [5.74, 6) is 0.583. The Kier molecular flexibility index (Phi) is 15.7. The maximum absolute atomic E-state index is 12.6. The smallest absolute Gasteiger partial charge is 0.343 e. The molecular formula is C35H48O6. The highest BCUT2D eigenvalue weighted by molar-refractivity contribution is 5.91. The number of carbonyl (C=O) groups is 2. The van der Waals surface area contributed by atoms with Gasteiger partial charge in [-0.05, 0) is 67.6 Å². The Morgan fingerprint density at radius 3 is 1.88 bits per heavy atom. The molecule has 0 bridgehead atoms. The topological polar surface area (TPSA) is 71.1 Å². The minimum atomic E-state index is -0.378. The second-order valence-corrected chi connectivity index (χ2v) is 10.9. The molecule has 1 saturated carbocycles. The van der Waals surface area contributed by atoms with Crippen LogP contribution in [0.25, 0.3) is 0 Å². The predicted molar refractivity (Wildman–Crippen MR) is 162 cm³/mol. The van der Waals surface area contributed by atoms with Gasteiger partial charge in [-0.25, -0.2) is 9.59 Å². The summed E-state index contributed by atoms with van der Waals surface area (Å²) in [6.07, 6.45) is 19.4. The lowest BCUT2D eigenvalue weighted by Crippen LogP contribution is -2.16. The van der Waals surface area contributed by atoms with Crippen LogP contribution in [0.15, 0.2) is 61.2 Å². The van der Waals surface area contributed by atoms with E-state index in [1.807, 2.05) is 36.4 Å². The summed E-state index contributed by atoms with van der Waals surface area (Å²) in [4.78, 5) is 23.5. The lowest BCUT2D eigenvalue weighted by molar-refractivity contribution is -0.137. The first-order valence-electron chi connectivity index (χ1n) is 15.6. The number of hydrogen-bond donors (Lipinski definition) is 0. The summed E-state index contributed by atoms with van der Waals surface area (Å²) in [5, 5.41) is 0. The van der Waals surface area contributed by atoms with E-state index in [1.54, 1.807) is 12.1 Å². The largest absolute Gasteiger partial charge is 0.494 e. The molecule has 0 spiro atoms. The van der Waals surface area contributed by atoms with E-state index in [4.69, 9.17) is 18.9 Å². The zero-order valence-corrected chi connectivity index (χ0v) is 24.7. The van der Waals surface area contributed by atoms with E-state index in [-0.39, 0.29) is 11.9 Å². The summed E-state index contributed by atoms with van der Waals surface area (Å²) >= 11 is 0. The molecule has 1 fully saturated rings. The van der Waals surface area contributed by atoms with Crippen molar-refractivity contribution in [2.75, 3.05) is 13.2 Å². The standard InChI is InChI=1S/C35H48O6/c1-2-34(36)39-27-15-10-8-6-4-3-5-7-9-14-26-38-32-24-20-30(21-25-32)35(37)41-33-22-18-29(19-23-33)28-40-31-16-12-11-13-17-31/h2,18-25,31H,1,3-17,26-28H2. The minimum Gasteiger partial charge on any atom is -0.494 e. The van der Waals surface area contributed by atoms with Crippen LogP contribution in [-0.4, -0.2) is 31.3 Å². The molecule has 2 aromatic carbocycles. The van der Waals surface area contributed by atoms with Crippen LogP contribution in [0.2, 0.25) is 0 Å². The summed E-state index contributed by atoms with van der Waals surface area (Å²) in [6.45, 7) is 5.16. The van der Waals surface area contributed by atoms with E-state index in [9.17, 15) is 9.59 Å². The van der Waals surface area contributed by atoms with Crippen LogP contribution in [0.3, 0.4) is 0 Å². The van der Waals surface area contributed by atoms with Crippen molar-refractivity contribution in [3.63, 3.8) is 0 Å². The Labute approximate surface area is 246 Å². The van der Waals surface area contributed by atoms with Gasteiger partial charge in [-0.3, -0.25) is 0 Å².